The van der Waals surface area contributed by atoms with Crippen LogP contribution in [0.15, 0.2) is 55.1 Å². The third-order valence-corrected chi connectivity index (χ3v) is 3.37. The largest absolute Gasteiger partial charge is 0.462 e. The highest BCUT2D eigenvalue weighted by Gasteiger charge is 2.04. The van der Waals surface area contributed by atoms with E-state index in [2.05, 4.69) is 41.9 Å². The van der Waals surface area contributed by atoms with Crippen molar-refractivity contribution in [3.05, 3.63) is 60.7 Å². The number of aromatic amines is 1. The van der Waals surface area contributed by atoms with Crippen LogP contribution in [0, 0.1) is 0 Å². The molecule has 0 spiro atoms. The van der Waals surface area contributed by atoms with Gasteiger partial charge in [0.15, 0.2) is 0 Å². The number of esters is 1. The van der Waals surface area contributed by atoms with Crippen LogP contribution in [0.5, 0.6) is 0 Å². The van der Waals surface area contributed by atoms with Gasteiger partial charge in [-0.2, -0.15) is 0 Å². The molecule has 20 heavy (non-hydrogen) atoms. The molecule has 3 aromatic rings. The van der Waals surface area contributed by atoms with Gasteiger partial charge in [-0.05, 0) is 17.7 Å². The van der Waals surface area contributed by atoms with Crippen LogP contribution in [-0.2, 0) is 16.0 Å². The Balaban J connectivity index is 1.85. The highest BCUT2D eigenvalue weighted by atomic mass is 16.5. The molecule has 1 aromatic heterocycles. The van der Waals surface area contributed by atoms with Crippen molar-refractivity contribution in [2.24, 2.45) is 0 Å². The molecule has 0 aliphatic heterocycles. The lowest BCUT2D eigenvalue weighted by molar-refractivity contribution is -0.137. The Morgan fingerprint density at radius 3 is 2.80 bits per heavy atom. The van der Waals surface area contributed by atoms with Gasteiger partial charge in [-0.25, -0.2) is 4.79 Å². The smallest absolute Gasteiger partial charge is 0.330 e. The molecular formula is C17H15NO2. The molecule has 1 N–H and O–H groups in total. The maximum Gasteiger partial charge on any atom is 0.330 e. The third kappa shape index (κ3) is 2.30. The number of benzene rings is 2. The number of carbonyl (C=O) groups is 1. The molecule has 0 radical (unpaired) electrons. The van der Waals surface area contributed by atoms with Crippen molar-refractivity contribution in [3.8, 4) is 0 Å². The molecule has 0 unspecified atom stereocenters. The predicted molar refractivity (Wildman–Crippen MR) is 80.7 cm³/mol. The molecule has 2 aromatic carbocycles. The van der Waals surface area contributed by atoms with Gasteiger partial charge in [-0.3, -0.25) is 0 Å². The SMILES string of the molecule is C=CC(=O)OCCc1ccc2c(c1)[nH]c1ccccc12. The Morgan fingerprint density at radius 2 is 1.95 bits per heavy atom. The number of fused-ring (bicyclic) bond motifs is 3. The van der Waals surface area contributed by atoms with Crippen molar-refractivity contribution in [2.45, 2.75) is 6.42 Å². The fourth-order valence-corrected chi connectivity index (χ4v) is 2.39. The standard InChI is InChI=1S/C17H15NO2/c1-2-17(19)20-10-9-12-7-8-14-13-5-3-4-6-15(13)18-16(14)11-12/h2-8,11,18H,1,9-10H2. The summed E-state index contributed by atoms with van der Waals surface area (Å²) in [5, 5.41) is 2.44. The molecule has 0 saturated carbocycles. The number of para-hydroxylation sites is 1. The van der Waals surface area contributed by atoms with Gasteiger partial charge in [-0.1, -0.05) is 36.9 Å². The van der Waals surface area contributed by atoms with E-state index in [0.29, 0.717) is 13.0 Å². The lowest BCUT2D eigenvalue weighted by Gasteiger charge is -2.02. The van der Waals surface area contributed by atoms with Crippen molar-refractivity contribution >= 4 is 27.8 Å². The summed E-state index contributed by atoms with van der Waals surface area (Å²) in [7, 11) is 0. The van der Waals surface area contributed by atoms with E-state index in [0.717, 1.165) is 16.6 Å². The summed E-state index contributed by atoms with van der Waals surface area (Å²) in [5.74, 6) is -0.378. The van der Waals surface area contributed by atoms with Gasteiger partial charge in [0.2, 0.25) is 0 Å². The van der Waals surface area contributed by atoms with Crippen molar-refractivity contribution in [2.75, 3.05) is 6.61 Å². The summed E-state index contributed by atoms with van der Waals surface area (Å²) in [6.45, 7) is 3.74. The molecule has 0 atom stereocenters. The van der Waals surface area contributed by atoms with E-state index in [1.807, 2.05) is 12.1 Å². The summed E-state index contributed by atoms with van der Waals surface area (Å²) in [6, 6.07) is 14.5. The van der Waals surface area contributed by atoms with Crippen LogP contribution in [0.25, 0.3) is 21.8 Å². The number of ether oxygens (including phenoxy) is 1. The van der Waals surface area contributed by atoms with E-state index < -0.39 is 0 Å². The number of carbonyl (C=O) groups excluding carboxylic acids is 1. The van der Waals surface area contributed by atoms with Gasteiger partial charge in [0, 0.05) is 34.3 Å². The van der Waals surface area contributed by atoms with Crippen molar-refractivity contribution in [1.29, 1.82) is 0 Å². The topological polar surface area (TPSA) is 42.1 Å². The van der Waals surface area contributed by atoms with Gasteiger partial charge in [0.25, 0.3) is 0 Å². The first-order chi connectivity index (χ1) is 9.78. The maximum atomic E-state index is 11.0. The van der Waals surface area contributed by atoms with E-state index in [9.17, 15) is 4.79 Å². The molecule has 1 heterocycles. The minimum atomic E-state index is -0.378. The molecule has 0 saturated heterocycles. The fraction of sp³-hybridized carbons (Fsp3) is 0.118. The van der Waals surface area contributed by atoms with Crippen molar-refractivity contribution in [3.63, 3.8) is 0 Å². The van der Waals surface area contributed by atoms with Crippen LogP contribution in [0.3, 0.4) is 0 Å². The first-order valence-electron chi connectivity index (χ1n) is 6.56. The Morgan fingerprint density at radius 1 is 1.15 bits per heavy atom. The molecule has 0 aliphatic rings. The van der Waals surface area contributed by atoms with Gasteiger partial charge in [0.05, 0.1) is 6.61 Å². The Kier molecular flexibility index (Phi) is 3.25. The zero-order valence-electron chi connectivity index (χ0n) is 11.1. The normalized spacial score (nSPS) is 10.8. The maximum absolute atomic E-state index is 11.0. The lowest BCUT2D eigenvalue weighted by Crippen LogP contribution is -2.04. The van der Waals surface area contributed by atoms with Crippen LogP contribution in [0.4, 0.5) is 0 Å². The summed E-state index contributed by atoms with van der Waals surface area (Å²) in [6.07, 6.45) is 1.88. The molecule has 100 valence electrons. The number of hydrogen-bond acceptors (Lipinski definition) is 2. The van der Waals surface area contributed by atoms with E-state index in [1.54, 1.807) is 0 Å². The van der Waals surface area contributed by atoms with Crippen LogP contribution < -0.4 is 0 Å². The molecule has 0 bridgehead atoms. The zero-order chi connectivity index (χ0) is 13.9. The first-order valence-corrected chi connectivity index (χ1v) is 6.56. The Hall–Kier alpha value is -2.55. The van der Waals surface area contributed by atoms with Crippen molar-refractivity contribution in [1.82, 2.24) is 4.98 Å². The van der Waals surface area contributed by atoms with Crippen LogP contribution in [-0.4, -0.2) is 17.6 Å². The average Bonchev–Trinajstić information content (AvgIpc) is 2.84. The van der Waals surface area contributed by atoms with Gasteiger partial charge in [0.1, 0.15) is 0 Å². The third-order valence-electron chi connectivity index (χ3n) is 3.37. The van der Waals surface area contributed by atoms with Crippen LogP contribution in [0.2, 0.25) is 0 Å². The Labute approximate surface area is 116 Å². The van der Waals surface area contributed by atoms with Crippen LogP contribution >= 0.6 is 0 Å². The summed E-state index contributed by atoms with van der Waals surface area (Å²) < 4.78 is 5.00. The molecule has 0 aliphatic carbocycles. The Bertz CT molecular complexity index is 786. The van der Waals surface area contributed by atoms with Gasteiger partial charge >= 0.3 is 5.97 Å². The lowest BCUT2D eigenvalue weighted by atomic mass is 10.1. The minimum Gasteiger partial charge on any atom is -0.462 e. The second-order valence-electron chi connectivity index (χ2n) is 4.67. The predicted octanol–water partition coefficient (Wildman–Crippen LogP) is 3.59. The van der Waals surface area contributed by atoms with E-state index in [-0.39, 0.29) is 5.97 Å². The number of nitrogens with one attached hydrogen (secondary N) is 1. The number of aromatic nitrogens is 1. The molecule has 0 amide bonds. The van der Waals surface area contributed by atoms with Crippen molar-refractivity contribution < 1.29 is 9.53 Å². The van der Waals surface area contributed by atoms with E-state index >= 15 is 0 Å². The van der Waals surface area contributed by atoms with Gasteiger partial charge < -0.3 is 9.72 Å². The second kappa shape index (κ2) is 5.21. The van der Waals surface area contributed by atoms with E-state index in [1.165, 1.54) is 16.8 Å². The molecule has 3 nitrogen and oxygen atoms in total. The molecular weight excluding hydrogens is 250 g/mol. The summed E-state index contributed by atoms with van der Waals surface area (Å²) in [5.41, 5.74) is 3.39. The molecule has 3 heteroatoms. The molecule has 3 rings (SSSR count). The summed E-state index contributed by atoms with van der Waals surface area (Å²) in [4.78, 5) is 14.4. The minimum absolute atomic E-state index is 0.372. The number of hydrogen-bond donors (Lipinski definition) is 1. The highest BCUT2D eigenvalue weighted by Crippen LogP contribution is 2.25. The number of rotatable bonds is 4. The zero-order valence-corrected chi connectivity index (χ0v) is 11.1. The molecule has 0 fully saturated rings. The quantitative estimate of drug-likeness (QED) is 0.578. The van der Waals surface area contributed by atoms with Gasteiger partial charge in [-0.15, -0.1) is 0 Å². The summed E-state index contributed by atoms with van der Waals surface area (Å²) >= 11 is 0. The van der Waals surface area contributed by atoms with Crippen LogP contribution in [0.1, 0.15) is 5.56 Å². The monoisotopic (exact) mass is 265 g/mol. The fourth-order valence-electron chi connectivity index (χ4n) is 2.39. The number of H-pyrrole nitrogens is 1. The van der Waals surface area contributed by atoms with E-state index in [4.69, 9.17) is 4.74 Å². The highest BCUT2D eigenvalue weighted by molar-refractivity contribution is 6.07. The average molecular weight is 265 g/mol. The first kappa shape index (κ1) is 12.5. The second-order valence-corrected chi connectivity index (χ2v) is 4.67.